The van der Waals surface area contributed by atoms with E-state index >= 15 is 0 Å². The van der Waals surface area contributed by atoms with Crippen molar-refractivity contribution in [2.45, 2.75) is 22.8 Å². The zero-order valence-electron chi connectivity index (χ0n) is 6.19. The highest BCUT2D eigenvalue weighted by Gasteiger charge is 2.37. The van der Waals surface area contributed by atoms with Crippen LogP contribution in [0.25, 0.3) is 0 Å². The maximum atomic E-state index is 13.1. The van der Waals surface area contributed by atoms with Crippen LogP contribution < -0.4 is 0 Å². The Hall–Kier alpha value is 0.0400. The first kappa shape index (κ1) is 8.63. The standard InChI is InChI=1S/C8H8F2S2/c9-5-1-3-11-7(5)8-6(10)2-4-12-8/h1-8H. The lowest BCUT2D eigenvalue weighted by atomic mass is 10.1. The van der Waals surface area contributed by atoms with Crippen molar-refractivity contribution in [3.05, 3.63) is 23.0 Å². The van der Waals surface area contributed by atoms with Gasteiger partial charge in [-0.1, -0.05) is 0 Å². The zero-order chi connectivity index (χ0) is 8.55. The van der Waals surface area contributed by atoms with Gasteiger partial charge in [-0.15, -0.1) is 23.5 Å². The number of hydrogen-bond acceptors (Lipinski definition) is 2. The van der Waals surface area contributed by atoms with Gasteiger partial charge in [-0.05, 0) is 23.0 Å². The second-order valence-corrected chi connectivity index (χ2v) is 4.92. The molecule has 0 N–H and O–H groups in total. The maximum Gasteiger partial charge on any atom is 0.132 e. The lowest BCUT2D eigenvalue weighted by molar-refractivity contribution is 0.332. The molecule has 0 saturated carbocycles. The minimum Gasteiger partial charge on any atom is -0.242 e. The molecule has 0 aliphatic carbocycles. The minimum absolute atomic E-state index is 0.236. The van der Waals surface area contributed by atoms with Gasteiger partial charge >= 0.3 is 0 Å². The van der Waals surface area contributed by atoms with Gasteiger partial charge in [0.1, 0.15) is 12.3 Å². The fourth-order valence-corrected chi connectivity index (χ4v) is 3.63. The van der Waals surface area contributed by atoms with Gasteiger partial charge in [0.15, 0.2) is 0 Å². The molecule has 2 aliphatic rings. The van der Waals surface area contributed by atoms with E-state index in [1.807, 2.05) is 0 Å². The third-order valence-corrected chi connectivity index (χ3v) is 4.48. The molecule has 0 radical (unpaired) electrons. The summed E-state index contributed by atoms with van der Waals surface area (Å²) in [4.78, 5) is 0. The van der Waals surface area contributed by atoms with Crippen LogP contribution in [0.4, 0.5) is 8.78 Å². The molecule has 4 unspecified atom stereocenters. The van der Waals surface area contributed by atoms with Crippen LogP contribution >= 0.6 is 23.5 Å². The summed E-state index contributed by atoms with van der Waals surface area (Å²) in [5.41, 5.74) is 0. The number of allylic oxidation sites excluding steroid dienone is 2. The van der Waals surface area contributed by atoms with E-state index in [9.17, 15) is 8.78 Å². The second kappa shape index (κ2) is 3.42. The topological polar surface area (TPSA) is 0 Å². The highest BCUT2D eigenvalue weighted by molar-refractivity contribution is 8.06. The van der Waals surface area contributed by atoms with Gasteiger partial charge in [-0.25, -0.2) is 8.78 Å². The van der Waals surface area contributed by atoms with Crippen LogP contribution in [-0.4, -0.2) is 22.8 Å². The van der Waals surface area contributed by atoms with E-state index in [1.54, 1.807) is 10.8 Å². The molecule has 0 aromatic carbocycles. The Morgan fingerprint density at radius 1 is 0.833 bits per heavy atom. The van der Waals surface area contributed by atoms with Crippen molar-refractivity contribution in [2.24, 2.45) is 0 Å². The summed E-state index contributed by atoms with van der Waals surface area (Å²) in [5, 5.41) is 2.97. The number of thioether (sulfide) groups is 2. The molecule has 4 heteroatoms. The summed E-state index contributed by atoms with van der Waals surface area (Å²) in [5.74, 6) is 0. The molecule has 0 fully saturated rings. The molecule has 66 valence electrons. The summed E-state index contributed by atoms with van der Waals surface area (Å²) in [6.07, 6.45) is 1.04. The van der Waals surface area contributed by atoms with Gasteiger partial charge in [-0.3, -0.25) is 0 Å². The van der Waals surface area contributed by atoms with Gasteiger partial charge in [0, 0.05) is 0 Å². The third-order valence-electron chi connectivity index (χ3n) is 1.95. The number of rotatable bonds is 1. The van der Waals surface area contributed by atoms with E-state index < -0.39 is 12.3 Å². The summed E-state index contributed by atoms with van der Waals surface area (Å²) >= 11 is 2.79. The molecule has 0 spiro atoms. The van der Waals surface area contributed by atoms with Crippen LogP contribution in [0.15, 0.2) is 23.0 Å². The normalized spacial score (nSPS) is 45.8. The molecule has 0 aromatic heterocycles. The van der Waals surface area contributed by atoms with E-state index in [0.717, 1.165) is 0 Å². The van der Waals surface area contributed by atoms with Crippen LogP contribution in [0.2, 0.25) is 0 Å². The second-order valence-electron chi connectivity index (χ2n) is 2.75. The van der Waals surface area contributed by atoms with Crippen molar-refractivity contribution >= 4 is 23.5 Å². The van der Waals surface area contributed by atoms with Gasteiger partial charge < -0.3 is 0 Å². The molecule has 2 rings (SSSR count). The number of hydrogen-bond donors (Lipinski definition) is 0. The van der Waals surface area contributed by atoms with Crippen LogP contribution in [0.1, 0.15) is 0 Å². The summed E-state index contributed by atoms with van der Waals surface area (Å²) in [6, 6.07) is 0. The lowest BCUT2D eigenvalue weighted by Crippen LogP contribution is -2.30. The quantitative estimate of drug-likeness (QED) is 0.647. The Kier molecular flexibility index (Phi) is 2.46. The molecule has 12 heavy (non-hydrogen) atoms. The summed E-state index contributed by atoms with van der Waals surface area (Å²) in [7, 11) is 0. The van der Waals surface area contributed by atoms with Crippen molar-refractivity contribution in [1.29, 1.82) is 0 Å². The van der Waals surface area contributed by atoms with Gasteiger partial charge in [0.25, 0.3) is 0 Å². The van der Waals surface area contributed by atoms with E-state index in [2.05, 4.69) is 0 Å². The Bertz CT molecular complexity index is 203. The monoisotopic (exact) mass is 206 g/mol. The van der Waals surface area contributed by atoms with Gasteiger partial charge in [-0.2, -0.15) is 0 Å². The Morgan fingerprint density at radius 3 is 1.50 bits per heavy atom. The zero-order valence-corrected chi connectivity index (χ0v) is 7.82. The van der Waals surface area contributed by atoms with Gasteiger partial charge in [0.2, 0.25) is 0 Å². The predicted octanol–water partition coefficient (Wildman–Crippen LogP) is 2.92. The lowest BCUT2D eigenvalue weighted by Gasteiger charge is -2.20. The predicted molar refractivity (Wildman–Crippen MR) is 50.8 cm³/mol. The molecule has 4 atom stereocenters. The fourth-order valence-electron chi connectivity index (χ4n) is 1.31. The van der Waals surface area contributed by atoms with E-state index in [4.69, 9.17) is 0 Å². The molecule has 0 amide bonds. The Balaban J connectivity index is 2.01. The largest absolute Gasteiger partial charge is 0.242 e. The highest BCUT2D eigenvalue weighted by atomic mass is 32.2. The van der Waals surface area contributed by atoms with Crippen LogP contribution in [-0.2, 0) is 0 Å². The SMILES string of the molecule is FC1C=CSC1C1SC=CC1F. The van der Waals surface area contributed by atoms with E-state index in [0.29, 0.717) is 0 Å². The molecule has 0 saturated heterocycles. The Labute approximate surface area is 78.5 Å². The summed E-state index contributed by atoms with van der Waals surface area (Å²) < 4.78 is 26.2. The highest BCUT2D eigenvalue weighted by Crippen LogP contribution is 2.40. The minimum atomic E-state index is -0.981. The molecular weight excluding hydrogens is 198 g/mol. The van der Waals surface area contributed by atoms with E-state index in [-0.39, 0.29) is 10.5 Å². The van der Waals surface area contributed by atoms with Crippen molar-refractivity contribution in [2.75, 3.05) is 0 Å². The fraction of sp³-hybridized carbons (Fsp3) is 0.500. The van der Waals surface area contributed by atoms with Gasteiger partial charge in [0.05, 0.1) is 10.5 Å². The smallest absolute Gasteiger partial charge is 0.132 e. The summed E-state index contributed by atoms with van der Waals surface area (Å²) in [6.45, 7) is 0. The van der Waals surface area contributed by atoms with Crippen LogP contribution in [0.3, 0.4) is 0 Å². The average Bonchev–Trinajstić information content (AvgIpc) is 2.59. The van der Waals surface area contributed by atoms with Crippen molar-refractivity contribution in [3.8, 4) is 0 Å². The van der Waals surface area contributed by atoms with Crippen LogP contribution in [0.5, 0.6) is 0 Å². The first-order valence-corrected chi connectivity index (χ1v) is 5.60. The number of halogens is 2. The number of alkyl halides is 2. The van der Waals surface area contributed by atoms with Crippen molar-refractivity contribution in [1.82, 2.24) is 0 Å². The molecule has 0 bridgehead atoms. The van der Waals surface area contributed by atoms with Crippen LogP contribution in [0, 0.1) is 0 Å². The molecule has 2 heterocycles. The van der Waals surface area contributed by atoms with Crippen molar-refractivity contribution < 1.29 is 8.78 Å². The molecule has 2 aliphatic heterocycles. The first-order chi connectivity index (χ1) is 5.79. The first-order valence-electron chi connectivity index (χ1n) is 3.71. The Morgan fingerprint density at radius 2 is 1.25 bits per heavy atom. The maximum absolute atomic E-state index is 13.1. The van der Waals surface area contributed by atoms with E-state index in [1.165, 1.54) is 35.7 Å². The molecule has 0 nitrogen and oxygen atoms in total. The molecular formula is C8H8F2S2. The molecule has 0 aromatic rings. The third kappa shape index (κ3) is 1.42. The van der Waals surface area contributed by atoms with Crippen molar-refractivity contribution in [3.63, 3.8) is 0 Å². The average molecular weight is 206 g/mol.